The number of nitrogens with zero attached hydrogens (tertiary/aromatic N) is 6. The molecule has 2 aliphatic rings. The summed E-state index contributed by atoms with van der Waals surface area (Å²) in [5.41, 5.74) is 5.25. The van der Waals surface area contributed by atoms with Crippen LogP contribution in [-0.2, 0) is 4.74 Å². The van der Waals surface area contributed by atoms with E-state index in [9.17, 15) is 9.18 Å². The molecule has 0 aliphatic carbocycles. The first-order valence-corrected chi connectivity index (χ1v) is 23.0. The second kappa shape index (κ2) is 17.1. The number of carbonyl (C=O) groups excluding carboxylic acids is 1. The molecular formula is C46H59F3N6O3Si. The first-order valence-electron chi connectivity index (χ1n) is 20.7. The number of likely N-dealkylation sites (N-methyl/N-ethyl adjacent to an activating group) is 2. The molecule has 0 spiro atoms. The third-order valence-corrected chi connectivity index (χ3v) is 18.8. The minimum Gasteiger partial charge on any atom is -0.462 e. The molecule has 3 atom stereocenters. The van der Waals surface area contributed by atoms with E-state index < -0.39 is 31.4 Å². The van der Waals surface area contributed by atoms with E-state index in [1.807, 2.05) is 57.7 Å². The summed E-state index contributed by atoms with van der Waals surface area (Å²) in [4.78, 5) is 33.0. The monoisotopic (exact) mass is 828 g/mol. The number of aromatic nitrogens is 3. The predicted octanol–water partition coefficient (Wildman–Crippen LogP) is 10.5. The van der Waals surface area contributed by atoms with Gasteiger partial charge in [-0.05, 0) is 81.2 Å². The van der Waals surface area contributed by atoms with Gasteiger partial charge < -0.3 is 19.3 Å². The van der Waals surface area contributed by atoms with Gasteiger partial charge in [-0.3, -0.25) is 9.88 Å². The Morgan fingerprint density at radius 1 is 1.07 bits per heavy atom. The van der Waals surface area contributed by atoms with E-state index >= 15 is 8.78 Å². The molecule has 6 rings (SSSR count). The number of carbonyl (C=O) groups is 1. The minimum atomic E-state index is -2.26. The van der Waals surface area contributed by atoms with Crippen LogP contribution in [0.1, 0.15) is 87.6 Å². The SMILES string of the molecule is CC(C)[Si](C#Cc1c(F)ccc2cccc(-c3ncc4c(N(C)[C@@H]5CCN(C(=O)OC(C)(C)C)[C@@H]5C)nc(OC[C@H]5C/C(=C/F)CN5C)nc4c3F)c12)(C(C)C)C(C)C. The molecule has 316 valence electrons. The second-order valence-electron chi connectivity index (χ2n) is 18.2. The highest BCUT2D eigenvalue weighted by Crippen LogP contribution is 2.42. The van der Waals surface area contributed by atoms with Crippen LogP contribution in [0.4, 0.5) is 23.8 Å². The Balaban J connectivity index is 1.50. The number of pyridine rings is 1. The number of amides is 1. The Morgan fingerprint density at radius 3 is 2.39 bits per heavy atom. The Morgan fingerprint density at radius 2 is 1.76 bits per heavy atom. The van der Waals surface area contributed by atoms with Gasteiger partial charge in [0.05, 0.1) is 29.4 Å². The van der Waals surface area contributed by atoms with Crippen molar-refractivity contribution in [3.63, 3.8) is 0 Å². The van der Waals surface area contributed by atoms with E-state index in [-0.39, 0.29) is 47.5 Å². The van der Waals surface area contributed by atoms with Gasteiger partial charge in [0.15, 0.2) is 5.82 Å². The van der Waals surface area contributed by atoms with Gasteiger partial charge in [-0.2, -0.15) is 9.97 Å². The smallest absolute Gasteiger partial charge is 0.410 e. The van der Waals surface area contributed by atoms with E-state index in [4.69, 9.17) is 19.4 Å². The molecule has 0 unspecified atom stereocenters. The summed E-state index contributed by atoms with van der Waals surface area (Å²) in [5, 5.41) is 1.54. The summed E-state index contributed by atoms with van der Waals surface area (Å²) in [5.74, 6) is 2.50. The maximum Gasteiger partial charge on any atom is 0.410 e. The fourth-order valence-corrected chi connectivity index (χ4v) is 14.6. The maximum atomic E-state index is 17.4. The van der Waals surface area contributed by atoms with Crippen LogP contribution in [0.3, 0.4) is 0 Å². The van der Waals surface area contributed by atoms with Gasteiger partial charge in [0, 0.05) is 43.3 Å². The fraction of sp³-hybridized carbons (Fsp3) is 0.522. The number of hydrogen-bond donors (Lipinski definition) is 0. The van der Waals surface area contributed by atoms with Crippen LogP contribution in [0.2, 0.25) is 16.6 Å². The highest BCUT2D eigenvalue weighted by Gasteiger charge is 2.42. The molecule has 2 saturated heterocycles. The summed E-state index contributed by atoms with van der Waals surface area (Å²) in [6, 6.07) is 7.85. The van der Waals surface area contributed by atoms with E-state index in [2.05, 4.69) is 58.0 Å². The number of ether oxygens (including phenoxy) is 2. The van der Waals surface area contributed by atoms with Crippen LogP contribution >= 0.6 is 0 Å². The quantitative estimate of drug-likeness (QED) is 0.122. The molecule has 4 heterocycles. The number of likely N-dealkylation sites (tertiary alicyclic amines) is 2. The van der Waals surface area contributed by atoms with Gasteiger partial charge in [0.2, 0.25) is 0 Å². The van der Waals surface area contributed by atoms with E-state index in [1.165, 1.54) is 6.07 Å². The average molecular weight is 829 g/mol. The van der Waals surface area contributed by atoms with E-state index in [0.29, 0.717) is 82.0 Å². The van der Waals surface area contributed by atoms with Gasteiger partial charge in [-0.15, -0.1) is 5.54 Å². The second-order valence-corrected chi connectivity index (χ2v) is 23.8. The van der Waals surface area contributed by atoms with Crippen molar-refractivity contribution in [3.05, 3.63) is 65.6 Å². The zero-order valence-corrected chi connectivity index (χ0v) is 37.6. The van der Waals surface area contributed by atoms with Crippen LogP contribution in [0.5, 0.6) is 6.01 Å². The minimum absolute atomic E-state index is 0.00586. The van der Waals surface area contributed by atoms with Crippen LogP contribution in [0.15, 0.2) is 48.4 Å². The molecule has 0 radical (unpaired) electrons. The van der Waals surface area contributed by atoms with Gasteiger partial charge in [-0.25, -0.2) is 18.0 Å². The predicted molar refractivity (Wildman–Crippen MR) is 233 cm³/mol. The van der Waals surface area contributed by atoms with Gasteiger partial charge in [-0.1, -0.05) is 71.7 Å². The van der Waals surface area contributed by atoms with Crippen LogP contribution in [-0.4, -0.2) is 96.4 Å². The number of fused-ring (bicyclic) bond motifs is 2. The summed E-state index contributed by atoms with van der Waals surface area (Å²) in [6.45, 7) is 21.8. The molecule has 2 fully saturated rings. The summed E-state index contributed by atoms with van der Waals surface area (Å²) in [6.07, 6.45) is 2.87. The molecule has 2 aromatic carbocycles. The zero-order valence-electron chi connectivity index (χ0n) is 36.6. The largest absolute Gasteiger partial charge is 0.462 e. The van der Waals surface area contributed by atoms with Gasteiger partial charge >= 0.3 is 12.1 Å². The Kier molecular flexibility index (Phi) is 12.7. The van der Waals surface area contributed by atoms with Crippen molar-refractivity contribution >= 4 is 41.7 Å². The van der Waals surface area contributed by atoms with E-state index in [1.54, 1.807) is 29.3 Å². The van der Waals surface area contributed by atoms with Crippen molar-refractivity contribution in [2.24, 2.45) is 0 Å². The lowest BCUT2D eigenvalue weighted by molar-refractivity contribution is 0.0233. The number of anilines is 1. The third kappa shape index (κ3) is 8.53. The van der Waals surface area contributed by atoms with Crippen molar-refractivity contribution < 1.29 is 27.4 Å². The topological polar surface area (TPSA) is 83.9 Å². The number of hydrogen-bond acceptors (Lipinski definition) is 8. The highest BCUT2D eigenvalue weighted by molar-refractivity contribution is 6.90. The summed E-state index contributed by atoms with van der Waals surface area (Å²) >= 11 is 0. The lowest BCUT2D eigenvalue weighted by Crippen LogP contribution is -2.45. The van der Waals surface area contributed by atoms with Crippen LogP contribution in [0.25, 0.3) is 32.9 Å². The normalized spacial score (nSPS) is 19.7. The van der Waals surface area contributed by atoms with Crippen molar-refractivity contribution in [3.8, 4) is 28.7 Å². The number of benzene rings is 2. The molecule has 59 heavy (non-hydrogen) atoms. The van der Waals surface area contributed by atoms with Gasteiger partial charge in [0.1, 0.15) is 43.1 Å². The molecule has 0 N–H and O–H groups in total. The molecule has 0 bridgehead atoms. The summed E-state index contributed by atoms with van der Waals surface area (Å²) < 4.78 is 58.9. The number of rotatable bonds is 9. The molecule has 13 heteroatoms. The molecule has 1 amide bonds. The lowest BCUT2D eigenvalue weighted by atomic mass is 9.96. The molecule has 2 aliphatic heterocycles. The Bertz CT molecular complexity index is 2300. The number of halogens is 3. The van der Waals surface area contributed by atoms with Crippen molar-refractivity contribution in [1.82, 2.24) is 24.8 Å². The standard InChI is InChI=1S/C46H59F3N6O3Si/c1-27(2)59(28(3)4,29(5)6)21-19-34-37(48)17-16-32-14-13-15-35(39(32)34)41-40(49)42-36(24-50-41)43(52-44(51-42)57-26-33-22-31(23-47)25-53(33)11)54(12)38-18-20-55(30(38)7)45(56)58-46(8,9)10/h13-17,23-24,27-30,33,38H,18,20,22,25-26H2,1-12H3/b31-23-/t30-,33-,38-/m1/s1. The molecule has 4 aromatic rings. The highest BCUT2D eigenvalue weighted by atomic mass is 28.3. The first kappa shape index (κ1) is 43.9. The molecule has 9 nitrogen and oxygen atoms in total. The fourth-order valence-electron chi connectivity index (χ4n) is 9.40. The van der Waals surface area contributed by atoms with Crippen molar-refractivity contribution in [2.45, 2.75) is 122 Å². The van der Waals surface area contributed by atoms with Crippen molar-refractivity contribution in [1.29, 1.82) is 0 Å². The lowest BCUT2D eigenvalue weighted by Gasteiger charge is -2.38. The third-order valence-electron chi connectivity index (χ3n) is 12.5. The summed E-state index contributed by atoms with van der Waals surface area (Å²) in [7, 11) is 1.49. The molecular weight excluding hydrogens is 770 g/mol. The van der Waals surface area contributed by atoms with Crippen LogP contribution < -0.4 is 9.64 Å². The maximum absolute atomic E-state index is 17.4. The average Bonchev–Trinajstić information content (AvgIpc) is 3.74. The molecule has 2 aromatic heterocycles. The van der Waals surface area contributed by atoms with E-state index in [0.717, 1.165) is 0 Å². The zero-order chi connectivity index (χ0) is 43.1. The Labute approximate surface area is 348 Å². The first-order chi connectivity index (χ1) is 27.8. The molecule has 0 saturated carbocycles. The van der Waals surface area contributed by atoms with Crippen molar-refractivity contribution in [2.75, 3.05) is 38.7 Å². The Hall–Kier alpha value is -4.67. The van der Waals surface area contributed by atoms with Gasteiger partial charge in [0.25, 0.3) is 0 Å². The van der Waals surface area contributed by atoms with Crippen LogP contribution in [0, 0.1) is 23.1 Å².